The molecule has 4 bridgehead atoms. The van der Waals surface area contributed by atoms with Crippen LogP contribution in [0.3, 0.4) is 0 Å². The number of methoxy groups -OCH3 is 1. The van der Waals surface area contributed by atoms with Crippen molar-refractivity contribution in [1.29, 1.82) is 0 Å². The van der Waals surface area contributed by atoms with E-state index in [0.29, 0.717) is 5.56 Å². The fraction of sp³-hybridized carbons (Fsp3) is 0.697. The molecule has 4 saturated carbocycles. The molecule has 260 valence electrons. The van der Waals surface area contributed by atoms with Crippen molar-refractivity contribution in [1.82, 2.24) is 0 Å². The number of cyclic esters (lactones) is 1. The van der Waals surface area contributed by atoms with E-state index in [0.717, 1.165) is 14.0 Å². The predicted octanol–water partition coefficient (Wildman–Crippen LogP) is 0.730. The number of carbonyl (C=O) groups excluding carboxylic acids is 4. The average Bonchev–Trinajstić information content (AvgIpc) is 3.76. The molecular formula is C33H38O15. The Kier molecular flexibility index (Phi) is 5.89. The van der Waals surface area contributed by atoms with Gasteiger partial charge in [0.25, 0.3) is 5.97 Å². The zero-order valence-electron chi connectivity index (χ0n) is 27.4. The van der Waals surface area contributed by atoms with Crippen LogP contribution in [0.2, 0.25) is 0 Å². The summed E-state index contributed by atoms with van der Waals surface area (Å²) in [6, 6.07) is 1.60. The molecule has 3 N–H and O–H groups in total. The zero-order valence-corrected chi connectivity index (χ0v) is 27.4. The standard InChI is InChI=1S/C33H38O15/c1-14(34)43-18-11-31-28(5)21(20(37)23(38)41-7)26(3)13-30(28,39)32(40,24(26)44-15(2)35)25-33(31,48-29(6,46-25)47-31)17-10-19(36)45-22(27(17,18)4)16-8-9-42-12-16/h8-10,12,18,20-22,24-25,37,39-40H,11,13H2,1-7H3/t18-,20+,21-,22-,24-,25+,26-,27-,28+,29-,30+,31-,32-,33+/m1/s1. The summed E-state index contributed by atoms with van der Waals surface area (Å²) in [4.78, 5) is 52.4. The van der Waals surface area contributed by atoms with E-state index < -0.39 is 105 Å². The minimum Gasteiger partial charge on any atom is -0.472 e. The lowest BCUT2D eigenvalue weighted by atomic mass is 9.34. The van der Waals surface area contributed by atoms with Gasteiger partial charge in [-0.25, -0.2) is 9.59 Å². The van der Waals surface area contributed by atoms with E-state index in [1.54, 1.807) is 26.8 Å². The second-order valence-corrected chi connectivity index (χ2v) is 15.1. The quantitative estimate of drug-likeness (QED) is 0.291. The first-order valence-electron chi connectivity index (χ1n) is 15.9. The number of fused-ring (bicyclic) bond motifs is 4. The molecule has 0 aromatic carbocycles. The second kappa shape index (κ2) is 8.87. The summed E-state index contributed by atoms with van der Waals surface area (Å²) in [5, 5.41) is 38.2. The lowest BCUT2D eigenvalue weighted by Crippen LogP contribution is -2.93. The Morgan fingerprint density at radius 2 is 1.73 bits per heavy atom. The molecule has 4 aliphatic carbocycles. The molecule has 14 atom stereocenters. The topological polar surface area (TPSA) is 207 Å². The summed E-state index contributed by atoms with van der Waals surface area (Å²) >= 11 is 0. The van der Waals surface area contributed by atoms with Crippen molar-refractivity contribution in [2.75, 3.05) is 7.11 Å². The number of carbonyl (C=O) groups is 4. The molecule has 0 unspecified atom stereocenters. The highest BCUT2D eigenvalue weighted by atomic mass is 16.9. The van der Waals surface area contributed by atoms with Crippen LogP contribution in [-0.4, -0.2) is 99.1 Å². The largest absolute Gasteiger partial charge is 0.472 e. The minimum atomic E-state index is -2.47. The number of esters is 4. The lowest BCUT2D eigenvalue weighted by molar-refractivity contribution is -0.449. The zero-order chi connectivity index (χ0) is 34.8. The van der Waals surface area contributed by atoms with Gasteiger partial charge in [-0.1, -0.05) is 13.8 Å². The van der Waals surface area contributed by atoms with Crippen molar-refractivity contribution in [2.24, 2.45) is 22.2 Å². The molecule has 1 aromatic heterocycles. The Hall–Kier alpha value is -3.34. The van der Waals surface area contributed by atoms with E-state index in [1.807, 2.05) is 0 Å². The van der Waals surface area contributed by atoms with Crippen LogP contribution >= 0.6 is 0 Å². The summed E-state index contributed by atoms with van der Waals surface area (Å²) in [5.41, 5.74) is -12.8. The van der Waals surface area contributed by atoms with Crippen LogP contribution in [0.15, 0.2) is 34.7 Å². The third-order valence-corrected chi connectivity index (χ3v) is 13.1. The molecule has 0 radical (unpaired) electrons. The van der Waals surface area contributed by atoms with E-state index in [4.69, 9.17) is 37.6 Å². The molecule has 1 spiro atoms. The van der Waals surface area contributed by atoms with Crippen LogP contribution in [0.4, 0.5) is 0 Å². The van der Waals surface area contributed by atoms with Gasteiger partial charge in [0.15, 0.2) is 17.3 Å². The van der Waals surface area contributed by atoms with Gasteiger partial charge in [-0.15, -0.1) is 0 Å². The molecule has 4 heterocycles. The predicted molar refractivity (Wildman–Crippen MR) is 153 cm³/mol. The first-order valence-corrected chi connectivity index (χ1v) is 15.9. The molecule has 1 aromatic rings. The highest BCUT2D eigenvalue weighted by Crippen LogP contribution is 2.88. The van der Waals surface area contributed by atoms with Gasteiger partial charge in [0.1, 0.15) is 35.6 Å². The molecular weight excluding hydrogens is 636 g/mol. The summed E-state index contributed by atoms with van der Waals surface area (Å²) in [5.74, 6) is -6.59. The highest BCUT2D eigenvalue weighted by molar-refractivity contribution is 5.86. The van der Waals surface area contributed by atoms with E-state index in [1.165, 1.54) is 32.4 Å². The SMILES string of the molecule is COC(=O)[C@@H](O)[C@@H]1[C@@]2(C)C[C@@]3(O)[C@@](O)([C@@H]2OC(C)=O)[C@@H]2O[C@]4(C)O[C@]5(C[C@@H](OC(C)=O)[C@@]6(C)C(=CC(=O)O[C@@H]6c6ccoc6)[C@]25O4)[C@@]13C. The van der Waals surface area contributed by atoms with E-state index >= 15 is 0 Å². The second-order valence-electron chi connectivity index (χ2n) is 15.1. The van der Waals surface area contributed by atoms with E-state index in [9.17, 15) is 34.5 Å². The molecule has 15 nitrogen and oxygen atoms in total. The number of furan rings is 1. The van der Waals surface area contributed by atoms with Crippen LogP contribution in [-0.2, 0) is 52.3 Å². The van der Waals surface area contributed by atoms with Gasteiger partial charge >= 0.3 is 23.9 Å². The van der Waals surface area contributed by atoms with Crippen molar-refractivity contribution in [2.45, 2.75) is 113 Å². The molecule has 2 saturated heterocycles. The number of hydrogen-bond donors (Lipinski definition) is 3. The minimum absolute atomic E-state index is 0.159. The number of aliphatic hydroxyl groups excluding tert-OH is 1. The first-order chi connectivity index (χ1) is 22.3. The Morgan fingerprint density at radius 3 is 2.33 bits per heavy atom. The third kappa shape index (κ3) is 2.98. The summed E-state index contributed by atoms with van der Waals surface area (Å²) in [6.07, 6.45) is -3.88. The van der Waals surface area contributed by atoms with Gasteiger partial charge < -0.3 is 52.9 Å². The van der Waals surface area contributed by atoms with Crippen LogP contribution in [0, 0.1) is 22.2 Å². The van der Waals surface area contributed by atoms with Crippen molar-refractivity contribution in [3.05, 3.63) is 35.8 Å². The monoisotopic (exact) mass is 674 g/mol. The Balaban J connectivity index is 1.49. The number of ether oxygens (including phenoxy) is 7. The van der Waals surface area contributed by atoms with Gasteiger partial charge in [-0.3, -0.25) is 9.59 Å². The van der Waals surface area contributed by atoms with E-state index in [-0.39, 0.29) is 18.4 Å². The molecule has 7 aliphatic rings. The number of rotatable bonds is 5. The number of aliphatic hydroxyl groups is 3. The smallest absolute Gasteiger partial charge is 0.335 e. The maximum Gasteiger partial charge on any atom is 0.335 e. The molecule has 48 heavy (non-hydrogen) atoms. The van der Waals surface area contributed by atoms with Crippen LogP contribution < -0.4 is 0 Å². The Labute approximate surface area is 274 Å². The molecule has 6 fully saturated rings. The van der Waals surface area contributed by atoms with Gasteiger partial charge in [0, 0.05) is 55.6 Å². The van der Waals surface area contributed by atoms with Crippen LogP contribution in [0.5, 0.6) is 0 Å². The van der Waals surface area contributed by atoms with Crippen molar-refractivity contribution in [3.63, 3.8) is 0 Å². The fourth-order valence-corrected chi connectivity index (χ4v) is 11.9. The Morgan fingerprint density at radius 1 is 1.04 bits per heavy atom. The van der Waals surface area contributed by atoms with Gasteiger partial charge in [0.05, 0.1) is 25.1 Å². The summed E-state index contributed by atoms with van der Waals surface area (Å²) in [7, 11) is 1.10. The summed E-state index contributed by atoms with van der Waals surface area (Å²) in [6.45, 7) is 8.71. The van der Waals surface area contributed by atoms with E-state index in [2.05, 4.69) is 0 Å². The average molecular weight is 675 g/mol. The van der Waals surface area contributed by atoms with Gasteiger partial charge in [0.2, 0.25) is 0 Å². The molecule has 15 heteroatoms. The van der Waals surface area contributed by atoms with Gasteiger partial charge in [-0.05, 0) is 25.0 Å². The van der Waals surface area contributed by atoms with Crippen LogP contribution in [0.25, 0.3) is 0 Å². The maximum atomic E-state index is 13.6. The lowest BCUT2D eigenvalue weighted by Gasteiger charge is -2.76. The van der Waals surface area contributed by atoms with Crippen molar-refractivity contribution < 1.29 is 72.1 Å². The highest BCUT2D eigenvalue weighted by Gasteiger charge is 3.03. The van der Waals surface area contributed by atoms with Gasteiger partial charge in [-0.2, -0.15) is 0 Å². The normalized spacial score (nSPS) is 52.5. The first kappa shape index (κ1) is 31.9. The van der Waals surface area contributed by atoms with Crippen molar-refractivity contribution in [3.8, 4) is 0 Å². The third-order valence-electron chi connectivity index (χ3n) is 13.1. The van der Waals surface area contributed by atoms with Crippen LogP contribution in [0.1, 0.15) is 66.1 Å². The number of hydrogen-bond acceptors (Lipinski definition) is 15. The summed E-state index contributed by atoms with van der Waals surface area (Å²) < 4.78 is 48.2. The molecule has 0 amide bonds. The molecule has 8 rings (SSSR count). The molecule has 3 aliphatic heterocycles. The Bertz CT molecular complexity index is 1710. The maximum absolute atomic E-state index is 13.6. The fourth-order valence-electron chi connectivity index (χ4n) is 11.9. The van der Waals surface area contributed by atoms with Crippen molar-refractivity contribution >= 4 is 23.9 Å².